The zero-order valence-corrected chi connectivity index (χ0v) is 16.8. The first kappa shape index (κ1) is 19.0. The number of benzene rings is 2. The van der Waals surface area contributed by atoms with Gasteiger partial charge in [0.25, 0.3) is 0 Å². The molecule has 4 aromatic rings. The summed E-state index contributed by atoms with van der Waals surface area (Å²) in [5, 5.41) is 9.27. The van der Waals surface area contributed by atoms with Crippen molar-refractivity contribution >= 4 is 26.9 Å². The van der Waals surface area contributed by atoms with Crippen LogP contribution in [-0.4, -0.2) is 28.4 Å². The Kier molecular flexibility index (Phi) is 4.77. The Balaban J connectivity index is 1.78. The van der Waals surface area contributed by atoms with Gasteiger partial charge in [-0.25, -0.2) is 18.5 Å². The fraction of sp³-hybridized carbons (Fsp3) is 0.150. The molecule has 8 nitrogen and oxygen atoms in total. The Labute approximate surface area is 168 Å². The van der Waals surface area contributed by atoms with E-state index in [4.69, 9.17) is 5.14 Å². The number of primary sulfonamides is 1. The van der Waals surface area contributed by atoms with Crippen molar-refractivity contribution in [2.24, 2.45) is 5.14 Å². The third-order valence-corrected chi connectivity index (χ3v) is 5.51. The molecular formula is C20H20N6O2S. The molecule has 0 saturated heterocycles. The molecule has 9 heteroatoms. The van der Waals surface area contributed by atoms with E-state index in [2.05, 4.69) is 25.3 Å². The molecule has 0 spiro atoms. The standard InChI is InChI=1S/C20H20N6O2S/c1-12-17(15-9-6-10-16(18(15)23-12)29(21,27)28)19-24-13(2)25-20(26-19)22-11-14-7-4-3-5-8-14/h3-10,23H,11H2,1-2H3,(H2,21,27,28)(H,22,24,25,26). The van der Waals surface area contributed by atoms with Gasteiger partial charge < -0.3 is 10.3 Å². The first-order valence-electron chi connectivity index (χ1n) is 8.98. The first-order valence-corrected chi connectivity index (χ1v) is 10.5. The second kappa shape index (κ2) is 7.26. The van der Waals surface area contributed by atoms with E-state index in [9.17, 15) is 8.42 Å². The SMILES string of the molecule is Cc1nc(NCc2ccccc2)nc(-c2c(C)[nH]c3c(S(N)(=O)=O)cccc23)n1. The van der Waals surface area contributed by atoms with Crippen LogP contribution < -0.4 is 10.5 Å². The van der Waals surface area contributed by atoms with Gasteiger partial charge in [0, 0.05) is 23.2 Å². The summed E-state index contributed by atoms with van der Waals surface area (Å²) in [6, 6.07) is 14.9. The van der Waals surface area contributed by atoms with E-state index in [0.29, 0.717) is 35.0 Å². The number of aromatic nitrogens is 4. The summed E-state index contributed by atoms with van der Waals surface area (Å²) in [4.78, 5) is 16.6. The highest BCUT2D eigenvalue weighted by Gasteiger charge is 2.20. The molecule has 0 aliphatic carbocycles. The van der Waals surface area contributed by atoms with Gasteiger partial charge in [-0.1, -0.05) is 42.5 Å². The first-order chi connectivity index (χ1) is 13.8. The minimum atomic E-state index is -3.87. The molecule has 2 aromatic heterocycles. The van der Waals surface area contributed by atoms with E-state index in [1.165, 1.54) is 6.07 Å². The van der Waals surface area contributed by atoms with Crippen molar-refractivity contribution < 1.29 is 8.42 Å². The molecule has 0 aliphatic rings. The van der Waals surface area contributed by atoms with Crippen molar-refractivity contribution in [2.45, 2.75) is 25.3 Å². The van der Waals surface area contributed by atoms with Gasteiger partial charge in [-0.2, -0.15) is 9.97 Å². The van der Waals surface area contributed by atoms with Crippen molar-refractivity contribution in [3.63, 3.8) is 0 Å². The number of anilines is 1. The fourth-order valence-corrected chi connectivity index (χ4v) is 4.01. The van der Waals surface area contributed by atoms with Crippen LogP contribution in [0.2, 0.25) is 0 Å². The van der Waals surface area contributed by atoms with Crippen molar-refractivity contribution in [1.82, 2.24) is 19.9 Å². The smallest absolute Gasteiger partial charge is 0.240 e. The average Bonchev–Trinajstić information content (AvgIpc) is 3.01. The van der Waals surface area contributed by atoms with E-state index in [0.717, 1.165) is 16.8 Å². The summed E-state index contributed by atoms with van der Waals surface area (Å²) in [5.74, 6) is 1.47. The van der Waals surface area contributed by atoms with Gasteiger partial charge in [-0.15, -0.1) is 0 Å². The van der Waals surface area contributed by atoms with E-state index in [-0.39, 0.29) is 4.90 Å². The number of para-hydroxylation sites is 1. The van der Waals surface area contributed by atoms with E-state index < -0.39 is 10.0 Å². The van der Waals surface area contributed by atoms with Crippen LogP contribution in [0.3, 0.4) is 0 Å². The van der Waals surface area contributed by atoms with Crippen LogP contribution in [0.5, 0.6) is 0 Å². The number of hydrogen-bond donors (Lipinski definition) is 3. The number of hydrogen-bond acceptors (Lipinski definition) is 6. The van der Waals surface area contributed by atoms with Crippen LogP contribution in [0.15, 0.2) is 53.4 Å². The number of nitrogens with zero attached hydrogens (tertiary/aromatic N) is 3. The number of nitrogens with one attached hydrogen (secondary N) is 2. The van der Waals surface area contributed by atoms with Crippen molar-refractivity contribution in [2.75, 3.05) is 5.32 Å². The van der Waals surface area contributed by atoms with E-state index >= 15 is 0 Å². The number of sulfonamides is 1. The zero-order valence-electron chi connectivity index (χ0n) is 16.0. The number of nitrogens with two attached hydrogens (primary N) is 1. The second-order valence-corrected chi connectivity index (χ2v) is 8.25. The molecule has 148 valence electrons. The van der Waals surface area contributed by atoms with Crippen molar-refractivity contribution in [1.29, 1.82) is 0 Å². The minimum Gasteiger partial charge on any atom is -0.357 e. The minimum absolute atomic E-state index is 0.0394. The number of rotatable bonds is 5. The lowest BCUT2D eigenvalue weighted by molar-refractivity contribution is 0.598. The Morgan fingerprint density at radius 2 is 1.76 bits per heavy atom. The lowest BCUT2D eigenvalue weighted by Crippen LogP contribution is -2.12. The van der Waals surface area contributed by atoms with Gasteiger partial charge in [-0.05, 0) is 25.5 Å². The molecule has 0 bridgehead atoms. The molecule has 2 aromatic carbocycles. The Bertz CT molecular complexity index is 1300. The predicted octanol–water partition coefficient (Wildman–Crippen LogP) is 2.90. The number of fused-ring (bicyclic) bond motifs is 1. The molecule has 0 atom stereocenters. The molecule has 4 rings (SSSR count). The second-order valence-electron chi connectivity index (χ2n) is 6.72. The lowest BCUT2D eigenvalue weighted by atomic mass is 10.1. The Morgan fingerprint density at radius 1 is 1.00 bits per heavy atom. The molecule has 0 fully saturated rings. The normalized spacial score (nSPS) is 11.7. The maximum atomic E-state index is 11.9. The highest BCUT2D eigenvalue weighted by Crippen LogP contribution is 2.33. The fourth-order valence-electron chi connectivity index (χ4n) is 3.30. The van der Waals surface area contributed by atoms with Gasteiger partial charge >= 0.3 is 0 Å². The van der Waals surface area contributed by atoms with Crippen LogP contribution in [0.1, 0.15) is 17.1 Å². The summed E-state index contributed by atoms with van der Waals surface area (Å²) < 4.78 is 23.9. The van der Waals surface area contributed by atoms with Crippen LogP contribution in [-0.2, 0) is 16.6 Å². The third-order valence-electron chi connectivity index (χ3n) is 4.55. The topological polar surface area (TPSA) is 127 Å². The largest absolute Gasteiger partial charge is 0.357 e. The molecule has 0 radical (unpaired) electrons. The van der Waals surface area contributed by atoms with Gasteiger partial charge in [0.1, 0.15) is 10.7 Å². The van der Waals surface area contributed by atoms with E-state index in [1.54, 1.807) is 13.0 Å². The monoisotopic (exact) mass is 408 g/mol. The molecule has 0 unspecified atom stereocenters. The van der Waals surface area contributed by atoms with E-state index in [1.807, 2.05) is 43.3 Å². The lowest BCUT2D eigenvalue weighted by Gasteiger charge is -2.08. The predicted molar refractivity (Wildman–Crippen MR) is 112 cm³/mol. The Morgan fingerprint density at radius 3 is 2.48 bits per heavy atom. The highest BCUT2D eigenvalue weighted by atomic mass is 32.2. The summed E-state index contributed by atoms with van der Waals surface area (Å²) in [7, 11) is -3.87. The summed E-state index contributed by atoms with van der Waals surface area (Å²) in [5.41, 5.74) is 3.02. The maximum Gasteiger partial charge on any atom is 0.240 e. The molecule has 4 N–H and O–H groups in total. The quantitative estimate of drug-likeness (QED) is 0.466. The van der Waals surface area contributed by atoms with Crippen molar-refractivity contribution in [3.8, 4) is 11.4 Å². The van der Waals surface area contributed by atoms with Gasteiger partial charge in [0.2, 0.25) is 16.0 Å². The van der Waals surface area contributed by atoms with Crippen LogP contribution in [0.4, 0.5) is 5.95 Å². The molecule has 2 heterocycles. The Hall–Kier alpha value is -3.30. The maximum absolute atomic E-state index is 11.9. The van der Waals surface area contributed by atoms with Crippen LogP contribution in [0.25, 0.3) is 22.3 Å². The number of aryl methyl sites for hydroxylation is 2. The van der Waals surface area contributed by atoms with Crippen LogP contribution >= 0.6 is 0 Å². The third kappa shape index (κ3) is 3.82. The highest BCUT2D eigenvalue weighted by molar-refractivity contribution is 7.89. The van der Waals surface area contributed by atoms with Gasteiger partial charge in [0.05, 0.1) is 5.52 Å². The van der Waals surface area contributed by atoms with Crippen LogP contribution in [0, 0.1) is 13.8 Å². The molecule has 0 amide bonds. The zero-order chi connectivity index (χ0) is 20.6. The molecule has 0 saturated carbocycles. The molecule has 29 heavy (non-hydrogen) atoms. The average molecular weight is 408 g/mol. The van der Waals surface area contributed by atoms with Gasteiger partial charge in [0.15, 0.2) is 5.82 Å². The molecule has 0 aliphatic heterocycles. The number of H-pyrrole nitrogens is 1. The number of aromatic amines is 1. The summed E-state index contributed by atoms with van der Waals surface area (Å²) in [6.45, 7) is 4.21. The van der Waals surface area contributed by atoms with Gasteiger partial charge in [-0.3, -0.25) is 0 Å². The molecular weight excluding hydrogens is 388 g/mol. The summed E-state index contributed by atoms with van der Waals surface area (Å²) in [6.07, 6.45) is 0. The summed E-state index contributed by atoms with van der Waals surface area (Å²) >= 11 is 0. The van der Waals surface area contributed by atoms with Crippen molar-refractivity contribution in [3.05, 3.63) is 65.6 Å².